The number of ether oxygens (including phenoxy) is 4. The van der Waals surface area contributed by atoms with Crippen LogP contribution in [0.3, 0.4) is 0 Å². The number of hydrogen-bond donors (Lipinski definition) is 4. The molecule has 0 aromatic rings. The Kier molecular flexibility index (Phi) is 9.13. The number of fused-ring (bicyclic) bond motifs is 2. The maximum absolute atomic E-state index is 14.5. The predicted molar refractivity (Wildman–Crippen MR) is 176 cm³/mol. The number of ketones is 1. The molecule has 0 radical (unpaired) electrons. The molecule has 0 amide bonds. The van der Waals surface area contributed by atoms with E-state index >= 15 is 0 Å². The molecule has 0 bridgehead atoms. The van der Waals surface area contributed by atoms with Gasteiger partial charge in [-0.05, 0) is 111 Å². The highest BCUT2D eigenvalue weighted by atomic mass is 16.7. The fourth-order valence-electron chi connectivity index (χ4n) is 13.0. The highest BCUT2D eigenvalue weighted by molar-refractivity contribution is 5.89. The first-order valence-electron chi connectivity index (χ1n) is 18.5. The summed E-state index contributed by atoms with van der Waals surface area (Å²) in [5.41, 5.74) is -1.77. The van der Waals surface area contributed by atoms with Crippen molar-refractivity contribution in [2.75, 3.05) is 13.7 Å². The number of esters is 1. The van der Waals surface area contributed by atoms with Crippen LogP contribution in [-0.2, 0) is 28.5 Å². The average molecular weight is 679 g/mol. The van der Waals surface area contributed by atoms with Crippen molar-refractivity contribution in [3.8, 4) is 0 Å². The van der Waals surface area contributed by atoms with Crippen molar-refractivity contribution in [2.45, 2.75) is 162 Å². The highest BCUT2D eigenvalue weighted by Crippen LogP contribution is 2.88. The number of carbonyl (C=O) groups is 2. The van der Waals surface area contributed by atoms with Gasteiger partial charge >= 0.3 is 5.97 Å². The van der Waals surface area contributed by atoms with Gasteiger partial charge in [0.2, 0.25) is 0 Å². The molecule has 15 atom stereocenters. The molecule has 1 heterocycles. The number of rotatable bonds is 9. The van der Waals surface area contributed by atoms with Crippen molar-refractivity contribution >= 4 is 11.8 Å². The Morgan fingerprint density at radius 1 is 1.00 bits per heavy atom. The van der Waals surface area contributed by atoms with E-state index in [2.05, 4.69) is 34.6 Å². The van der Waals surface area contributed by atoms with E-state index in [1.54, 1.807) is 21.0 Å². The van der Waals surface area contributed by atoms with E-state index in [-0.39, 0.29) is 46.2 Å². The monoisotopic (exact) mass is 678 g/mol. The summed E-state index contributed by atoms with van der Waals surface area (Å²) in [5, 5.41) is 41.7. The standard InChI is InChI=1S/C38H62O10/c1-20(16-24(45-9)31(34(5,6)44)47-21(2)39)22-17-27(41)36(8)26-11-10-25-33(3,4)28(48-32-30(43)29(42)23(40)18-46-32)12-13-37(25)19-38(26,37)15-14-35(22,36)7/h20,22-26,28-32,40,42-44H,10-19H2,1-9H3/t20-,22-,23?,24?,25+,26?,28+,29+,30-,31+,32+,35-,36-,37-,38+/m1/s1. The van der Waals surface area contributed by atoms with Gasteiger partial charge in [-0.2, -0.15) is 0 Å². The van der Waals surface area contributed by atoms with Crippen molar-refractivity contribution in [3.63, 3.8) is 0 Å². The molecule has 3 unspecified atom stereocenters. The van der Waals surface area contributed by atoms with E-state index in [4.69, 9.17) is 18.9 Å². The van der Waals surface area contributed by atoms with Crippen molar-refractivity contribution in [3.05, 3.63) is 0 Å². The highest BCUT2D eigenvalue weighted by Gasteiger charge is 2.83. The third-order valence-corrected chi connectivity index (χ3v) is 15.6. The lowest BCUT2D eigenvalue weighted by Gasteiger charge is -2.63. The van der Waals surface area contributed by atoms with E-state index in [0.29, 0.717) is 30.5 Å². The first-order valence-corrected chi connectivity index (χ1v) is 18.5. The minimum Gasteiger partial charge on any atom is -0.457 e. The number of carbonyl (C=O) groups excluding carboxylic acids is 2. The molecule has 10 heteroatoms. The molecule has 1 aliphatic heterocycles. The van der Waals surface area contributed by atoms with Crippen molar-refractivity contribution in [2.24, 2.45) is 50.7 Å². The van der Waals surface area contributed by atoms with Crippen LogP contribution in [0, 0.1) is 50.7 Å². The Bertz CT molecular complexity index is 1260. The number of aliphatic hydroxyl groups is 4. The summed E-state index contributed by atoms with van der Waals surface area (Å²) >= 11 is 0. The molecule has 2 spiro atoms. The normalized spacial score (nSPS) is 48.3. The van der Waals surface area contributed by atoms with Crippen LogP contribution in [0.1, 0.15) is 113 Å². The lowest BCUT2D eigenvalue weighted by molar-refractivity contribution is -0.302. The number of methoxy groups -OCH3 is 1. The van der Waals surface area contributed by atoms with Gasteiger partial charge in [0, 0.05) is 25.9 Å². The Morgan fingerprint density at radius 3 is 2.27 bits per heavy atom. The second-order valence-electron chi connectivity index (χ2n) is 18.4. The van der Waals surface area contributed by atoms with Crippen LogP contribution < -0.4 is 0 Å². The summed E-state index contributed by atoms with van der Waals surface area (Å²) in [7, 11) is 1.60. The van der Waals surface area contributed by atoms with Gasteiger partial charge < -0.3 is 39.4 Å². The summed E-state index contributed by atoms with van der Waals surface area (Å²) in [5.74, 6) is 0.947. The van der Waals surface area contributed by atoms with Gasteiger partial charge in [0.15, 0.2) is 12.4 Å². The van der Waals surface area contributed by atoms with Gasteiger partial charge in [0.1, 0.15) is 24.1 Å². The van der Waals surface area contributed by atoms with Crippen molar-refractivity contribution < 1.29 is 49.0 Å². The zero-order valence-corrected chi connectivity index (χ0v) is 30.7. The molecular formula is C38H62O10. The third kappa shape index (κ3) is 5.12. The first kappa shape index (κ1) is 36.6. The summed E-state index contributed by atoms with van der Waals surface area (Å²) in [6, 6.07) is 0. The van der Waals surface area contributed by atoms with Gasteiger partial charge in [-0.15, -0.1) is 0 Å². The molecule has 6 fully saturated rings. The molecule has 5 aliphatic carbocycles. The fraction of sp³-hybridized carbons (Fsp3) is 0.947. The molecule has 0 aromatic carbocycles. The predicted octanol–water partition coefficient (Wildman–Crippen LogP) is 4.17. The minimum absolute atomic E-state index is 0.0719. The van der Waals surface area contributed by atoms with E-state index in [9.17, 15) is 30.0 Å². The molecular weight excluding hydrogens is 616 g/mol. The van der Waals surface area contributed by atoms with Gasteiger partial charge in [-0.25, -0.2) is 0 Å². The summed E-state index contributed by atoms with van der Waals surface area (Å²) in [4.78, 5) is 26.4. The SMILES string of the molecule is COC(C[C@@H](C)[C@H]1CC(=O)[C@@]2(C)C3CC[C@H]4C(C)(C)[C@@H](O[C@@H]5OCC(O)[C@H](O)[C@H]5O)CC[C@@]45C[C@@]35CC[C@]12C)[C@H](OC(C)=O)C(C)(C)O. The van der Waals surface area contributed by atoms with Gasteiger partial charge in [-0.1, -0.05) is 34.6 Å². The van der Waals surface area contributed by atoms with Crippen LogP contribution in [0.2, 0.25) is 0 Å². The van der Waals surface area contributed by atoms with Crippen LogP contribution in [0.4, 0.5) is 0 Å². The summed E-state index contributed by atoms with van der Waals surface area (Å²) in [6.07, 6.45) is 2.08. The third-order valence-electron chi connectivity index (χ3n) is 15.6. The summed E-state index contributed by atoms with van der Waals surface area (Å²) in [6.45, 7) is 16.0. The lowest BCUT2D eigenvalue weighted by atomic mass is 9.41. The summed E-state index contributed by atoms with van der Waals surface area (Å²) < 4.78 is 23.6. The molecule has 48 heavy (non-hydrogen) atoms. The van der Waals surface area contributed by atoms with Gasteiger partial charge in [0.05, 0.1) is 24.4 Å². The minimum atomic E-state index is -1.30. The number of Topliss-reactive ketones (excluding diaryl/α,β-unsaturated/α-hetero) is 1. The fourth-order valence-corrected chi connectivity index (χ4v) is 13.0. The zero-order chi connectivity index (χ0) is 35.4. The molecule has 1 saturated heterocycles. The topological polar surface area (TPSA) is 152 Å². The quantitative estimate of drug-likeness (QED) is 0.207. The number of hydrogen-bond acceptors (Lipinski definition) is 10. The molecule has 5 saturated carbocycles. The van der Waals surface area contributed by atoms with Gasteiger partial charge in [-0.3, -0.25) is 9.59 Å². The van der Waals surface area contributed by atoms with E-state index in [1.807, 2.05) is 0 Å². The second kappa shape index (κ2) is 12.0. The van der Waals surface area contributed by atoms with Crippen molar-refractivity contribution in [1.82, 2.24) is 0 Å². The lowest BCUT2D eigenvalue weighted by Crippen LogP contribution is -2.60. The molecule has 6 rings (SSSR count). The van der Waals surface area contributed by atoms with Crippen LogP contribution >= 0.6 is 0 Å². The molecule has 10 nitrogen and oxygen atoms in total. The average Bonchev–Trinajstić information content (AvgIpc) is 3.62. The van der Waals surface area contributed by atoms with E-state index < -0.39 is 53.8 Å². The van der Waals surface area contributed by atoms with Crippen LogP contribution in [0.15, 0.2) is 0 Å². The number of aliphatic hydroxyl groups excluding tert-OH is 3. The van der Waals surface area contributed by atoms with E-state index in [1.165, 1.54) is 6.92 Å². The molecule has 274 valence electrons. The van der Waals surface area contributed by atoms with Gasteiger partial charge in [0.25, 0.3) is 0 Å². The maximum Gasteiger partial charge on any atom is 0.303 e. The Hall–Kier alpha value is -1.14. The second-order valence-corrected chi connectivity index (χ2v) is 18.4. The smallest absolute Gasteiger partial charge is 0.303 e. The molecule has 6 aliphatic rings. The zero-order valence-electron chi connectivity index (χ0n) is 30.7. The van der Waals surface area contributed by atoms with Crippen LogP contribution in [-0.4, -0.2) is 94.4 Å². The first-order chi connectivity index (χ1) is 22.2. The van der Waals surface area contributed by atoms with E-state index in [0.717, 1.165) is 44.9 Å². The Labute approximate surface area is 286 Å². The molecule has 0 aromatic heterocycles. The van der Waals surface area contributed by atoms with Crippen LogP contribution in [0.5, 0.6) is 0 Å². The molecule has 4 N–H and O–H groups in total. The Balaban J connectivity index is 1.21. The van der Waals surface area contributed by atoms with Crippen LogP contribution in [0.25, 0.3) is 0 Å². The maximum atomic E-state index is 14.5. The largest absolute Gasteiger partial charge is 0.457 e. The van der Waals surface area contributed by atoms with Crippen molar-refractivity contribution in [1.29, 1.82) is 0 Å². The Morgan fingerprint density at radius 2 is 1.65 bits per heavy atom.